The molecule has 3 rings (SSSR count). The minimum Gasteiger partial charge on any atom is -0.301 e. The number of rotatable bonds is 2. The minimum atomic E-state index is -0.175. The van der Waals surface area contributed by atoms with E-state index in [1.54, 1.807) is 0 Å². The van der Waals surface area contributed by atoms with Gasteiger partial charge in [0, 0.05) is 17.9 Å². The number of amides is 1. The number of fused-ring (bicyclic) bond motifs is 1. The quantitative estimate of drug-likeness (QED) is 0.874. The fourth-order valence-electron chi connectivity index (χ4n) is 2.67. The third kappa shape index (κ3) is 2.34. The molecule has 0 saturated heterocycles. The van der Waals surface area contributed by atoms with E-state index < -0.39 is 0 Å². The van der Waals surface area contributed by atoms with E-state index in [-0.39, 0.29) is 11.9 Å². The second-order valence-electron chi connectivity index (χ2n) is 5.33. The summed E-state index contributed by atoms with van der Waals surface area (Å²) in [7, 11) is 0. The van der Waals surface area contributed by atoms with Crippen molar-refractivity contribution in [3.05, 3.63) is 58.9 Å². The first kappa shape index (κ1) is 12.9. The maximum absolute atomic E-state index is 12.4. The summed E-state index contributed by atoms with van der Waals surface area (Å²) in [6.45, 7) is 4.71. The van der Waals surface area contributed by atoms with Gasteiger partial charge in [0.2, 0.25) is 0 Å². The summed E-state index contributed by atoms with van der Waals surface area (Å²) < 4.78 is 1.84. The highest BCUT2D eigenvalue weighted by Gasteiger charge is 2.24. The van der Waals surface area contributed by atoms with Gasteiger partial charge < -0.3 is 5.32 Å². The highest BCUT2D eigenvalue weighted by molar-refractivity contribution is 5.89. The maximum Gasteiger partial charge on any atom is 0.256 e. The second-order valence-corrected chi connectivity index (χ2v) is 5.33. The van der Waals surface area contributed by atoms with Gasteiger partial charge in [0.1, 0.15) is 0 Å². The van der Waals surface area contributed by atoms with Crippen LogP contribution < -0.4 is 10.7 Å². The van der Waals surface area contributed by atoms with Crippen molar-refractivity contribution >= 4 is 5.91 Å². The zero-order valence-electron chi connectivity index (χ0n) is 11.8. The molecular weight excluding hydrogens is 250 g/mol. The lowest BCUT2D eigenvalue weighted by Crippen LogP contribution is -2.46. The number of hydrogen-bond donors (Lipinski definition) is 2. The zero-order chi connectivity index (χ0) is 14.1. The zero-order valence-corrected chi connectivity index (χ0v) is 11.8. The molecule has 0 unspecified atom stereocenters. The third-order valence-electron chi connectivity index (χ3n) is 3.89. The molecule has 0 bridgehead atoms. The first-order chi connectivity index (χ1) is 9.65. The van der Waals surface area contributed by atoms with E-state index >= 15 is 0 Å². The van der Waals surface area contributed by atoms with Crippen LogP contribution in [0.1, 0.15) is 22.5 Å². The molecule has 4 heteroatoms. The molecule has 1 aliphatic rings. The predicted octanol–water partition coefficient (Wildman–Crippen LogP) is 1.89. The molecule has 104 valence electrons. The number of carbonyl (C=O) groups is 1. The highest BCUT2D eigenvalue weighted by atomic mass is 16.2. The molecule has 0 spiro atoms. The van der Waals surface area contributed by atoms with Crippen molar-refractivity contribution in [1.29, 1.82) is 0 Å². The van der Waals surface area contributed by atoms with Gasteiger partial charge in [-0.3, -0.25) is 14.9 Å². The summed E-state index contributed by atoms with van der Waals surface area (Å²) in [4.78, 5) is 12.4. The van der Waals surface area contributed by atoms with Crippen LogP contribution in [0.5, 0.6) is 0 Å². The van der Waals surface area contributed by atoms with Crippen molar-refractivity contribution < 1.29 is 4.79 Å². The van der Waals surface area contributed by atoms with Gasteiger partial charge in [-0.25, -0.2) is 0 Å². The normalized spacial score (nSPS) is 17.6. The Labute approximate surface area is 118 Å². The topological polar surface area (TPSA) is 46.1 Å². The number of nitrogens with one attached hydrogen (secondary N) is 2. The van der Waals surface area contributed by atoms with E-state index in [0.29, 0.717) is 0 Å². The molecule has 1 aromatic carbocycles. The van der Waals surface area contributed by atoms with Gasteiger partial charge in [-0.15, -0.1) is 0 Å². The summed E-state index contributed by atoms with van der Waals surface area (Å²) in [5.41, 5.74) is 7.58. The number of aryl methyl sites for hydroxylation is 2. The maximum atomic E-state index is 12.4. The number of carbonyl (C=O) groups excluding carboxylic acids is 1. The monoisotopic (exact) mass is 269 g/mol. The van der Waals surface area contributed by atoms with Crippen LogP contribution >= 0.6 is 0 Å². The number of hydrogen-bond acceptors (Lipinski definition) is 2. The van der Waals surface area contributed by atoms with Crippen LogP contribution in [0.2, 0.25) is 0 Å². The van der Waals surface area contributed by atoms with Gasteiger partial charge in [-0.2, -0.15) is 0 Å². The molecular formula is C16H19N3O. The molecule has 0 radical (unpaired) electrons. The molecule has 1 amide bonds. The first-order valence-electron chi connectivity index (χ1n) is 6.91. The van der Waals surface area contributed by atoms with Crippen molar-refractivity contribution in [3.8, 4) is 0 Å². The van der Waals surface area contributed by atoms with Crippen LogP contribution in [0.4, 0.5) is 0 Å². The van der Waals surface area contributed by atoms with Crippen molar-refractivity contribution in [3.63, 3.8) is 0 Å². The van der Waals surface area contributed by atoms with Gasteiger partial charge in [0.15, 0.2) is 0 Å². The SMILES string of the molecule is Cc1ccc(C)n1NC(=O)[C@@H]1Cc2ccccc2CN1. The molecule has 1 atom stereocenters. The van der Waals surface area contributed by atoms with E-state index in [1.165, 1.54) is 11.1 Å². The Morgan fingerprint density at radius 1 is 1.15 bits per heavy atom. The summed E-state index contributed by atoms with van der Waals surface area (Å²) in [5, 5.41) is 3.30. The molecule has 2 N–H and O–H groups in total. The third-order valence-corrected chi connectivity index (χ3v) is 3.89. The predicted molar refractivity (Wildman–Crippen MR) is 79.0 cm³/mol. The number of aromatic nitrogens is 1. The molecule has 1 aromatic heterocycles. The lowest BCUT2D eigenvalue weighted by atomic mass is 9.96. The van der Waals surface area contributed by atoms with E-state index in [0.717, 1.165) is 24.4 Å². The Kier molecular flexibility index (Phi) is 3.32. The fraction of sp³-hybridized carbons (Fsp3) is 0.312. The molecule has 1 aliphatic heterocycles. The number of nitrogens with zero attached hydrogens (tertiary/aromatic N) is 1. The summed E-state index contributed by atoms with van der Waals surface area (Å²) in [6, 6.07) is 12.1. The lowest BCUT2D eigenvalue weighted by molar-refractivity contribution is -0.119. The van der Waals surface area contributed by atoms with E-state index in [9.17, 15) is 4.79 Å². The summed E-state index contributed by atoms with van der Waals surface area (Å²) >= 11 is 0. The highest BCUT2D eigenvalue weighted by Crippen LogP contribution is 2.16. The molecule has 2 heterocycles. The summed E-state index contributed by atoms with van der Waals surface area (Å²) in [5.74, 6) is 0.0157. The van der Waals surface area contributed by atoms with E-state index in [4.69, 9.17) is 0 Å². The second kappa shape index (κ2) is 5.13. The Balaban J connectivity index is 1.74. The molecule has 0 fully saturated rings. The Morgan fingerprint density at radius 3 is 2.50 bits per heavy atom. The Morgan fingerprint density at radius 2 is 1.80 bits per heavy atom. The average Bonchev–Trinajstić information content (AvgIpc) is 2.78. The number of benzene rings is 1. The van der Waals surface area contributed by atoms with E-state index in [2.05, 4.69) is 22.9 Å². The van der Waals surface area contributed by atoms with Crippen molar-refractivity contribution in [2.24, 2.45) is 0 Å². The minimum absolute atomic E-state index is 0.0157. The van der Waals surface area contributed by atoms with Crippen molar-refractivity contribution in [2.75, 3.05) is 5.43 Å². The van der Waals surface area contributed by atoms with Crippen LogP contribution in [-0.4, -0.2) is 16.6 Å². The molecule has 0 aliphatic carbocycles. The molecule has 4 nitrogen and oxygen atoms in total. The van der Waals surface area contributed by atoms with Gasteiger partial charge in [0.25, 0.3) is 5.91 Å². The van der Waals surface area contributed by atoms with Gasteiger partial charge in [-0.05, 0) is 43.5 Å². The van der Waals surface area contributed by atoms with Crippen LogP contribution in [0, 0.1) is 13.8 Å². The standard InChI is InChI=1S/C16H19N3O/c1-11-7-8-12(2)19(11)18-16(20)15-9-13-5-3-4-6-14(13)10-17-15/h3-8,15,17H,9-10H2,1-2H3,(H,18,20)/t15-/m0/s1. The van der Waals surface area contributed by atoms with Crippen LogP contribution in [0.3, 0.4) is 0 Å². The van der Waals surface area contributed by atoms with Gasteiger partial charge in [-0.1, -0.05) is 24.3 Å². The summed E-state index contributed by atoms with van der Waals surface area (Å²) in [6.07, 6.45) is 0.737. The molecule has 20 heavy (non-hydrogen) atoms. The lowest BCUT2D eigenvalue weighted by Gasteiger charge is -2.26. The van der Waals surface area contributed by atoms with Gasteiger partial charge >= 0.3 is 0 Å². The fourth-order valence-corrected chi connectivity index (χ4v) is 2.67. The van der Waals surface area contributed by atoms with E-state index in [1.807, 2.05) is 42.8 Å². The average molecular weight is 269 g/mol. The van der Waals surface area contributed by atoms with Crippen molar-refractivity contribution in [2.45, 2.75) is 32.9 Å². The largest absolute Gasteiger partial charge is 0.301 e. The Hall–Kier alpha value is -2.07. The molecule has 0 saturated carbocycles. The molecule has 2 aromatic rings. The van der Waals surface area contributed by atoms with Crippen LogP contribution in [-0.2, 0) is 17.8 Å². The smallest absolute Gasteiger partial charge is 0.256 e. The first-order valence-corrected chi connectivity index (χ1v) is 6.91. The van der Waals surface area contributed by atoms with Crippen LogP contribution in [0.15, 0.2) is 36.4 Å². The van der Waals surface area contributed by atoms with Crippen LogP contribution in [0.25, 0.3) is 0 Å². The Bertz CT molecular complexity index is 625. The van der Waals surface area contributed by atoms with Crippen molar-refractivity contribution in [1.82, 2.24) is 9.99 Å². The van der Waals surface area contributed by atoms with Gasteiger partial charge in [0.05, 0.1) is 6.04 Å².